The van der Waals surface area contributed by atoms with Gasteiger partial charge in [-0.2, -0.15) is 0 Å². The Morgan fingerprint density at radius 2 is 2.25 bits per heavy atom. The van der Waals surface area contributed by atoms with Gasteiger partial charge in [0.05, 0.1) is 6.10 Å². The van der Waals surface area contributed by atoms with Gasteiger partial charge in [-0.15, -0.1) is 0 Å². The van der Waals surface area contributed by atoms with E-state index in [2.05, 4.69) is 20.9 Å². The maximum atomic E-state index is 5.62. The van der Waals surface area contributed by atoms with Crippen molar-refractivity contribution in [3.8, 4) is 5.75 Å². The number of hydrogen-bond donors (Lipinski definition) is 0. The highest BCUT2D eigenvalue weighted by Crippen LogP contribution is 2.28. The van der Waals surface area contributed by atoms with Crippen molar-refractivity contribution in [3.63, 3.8) is 0 Å². The van der Waals surface area contributed by atoms with Gasteiger partial charge in [0.2, 0.25) is 0 Å². The first-order chi connectivity index (χ1) is 5.74. The van der Waals surface area contributed by atoms with Crippen LogP contribution in [0, 0.1) is 6.92 Å². The van der Waals surface area contributed by atoms with Gasteiger partial charge in [0.25, 0.3) is 0 Å². The number of nitrogens with zero attached hydrogens (tertiary/aromatic N) is 1. The summed E-state index contributed by atoms with van der Waals surface area (Å²) < 4.78 is 6.46. The first-order valence-corrected chi connectivity index (χ1v) is 4.84. The van der Waals surface area contributed by atoms with E-state index in [9.17, 15) is 0 Å². The molecule has 2 nitrogen and oxygen atoms in total. The summed E-state index contributed by atoms with van der Waals surface area (Å²) in [5, 5.41) is 0. The predicted octanol–water partition coefficient (Wildman–Crippen LogP) is 2.69. The van der Waals surface area contributed by atoms with Crippen LogP contribution in [0.4, 0.5) is 0 Å². The first kappa shape index (κ1) is 8.05. The van der Waals surface area contributed by atoms with E-state index in [-0.39, 0.29) is 0 Å². The lowest BCUT2D eigenvalue weighted by Gasteiger charge is -2.04. The van der Waals surface area contributed by atoms with Crippen LogP contribution in [-0.4, -0.2) is 11.1 Å². The van der Waals surface area contributed by atoms with Crippen LogP contribution < -0.4 is 4.74 Å². The highest BCUT2D eigenvalue weighted by molar-refractivity contribution is 9.10. The molecule has 0 aliphatic heterocycles. The molecule has 1 aromatic heterocycles. The number of hydrogen-bond acceptors (Lipinski definition) is 2. The summed E-state index contributed by atoms with van der Waals surface area (Å²) in [6.45, 7) is 1.96. The number of aryl methyl sites for hydroxylation is 1. The maximum absolute atomic E-state index is 5.62. The third-order valence-corrected chi connectivity index (χ3v) is 2.13. The minimum atomic E-state index is 0.457. The molecule has 12 heavy (non-hydrogen) atoms. The minimum Gasteiger partial charge on any atom is -0.490 e. The highest BCUT2D eigenvalue weighted by atomic mass is 79.9. The van der Waals surface area contributed by atoms with Crippen LogP contribution in [0.5, 0.6) is 5.75 Å². The molecule has 0 saturated heterocycles. The average molecular weight is 228 g/mol. The van der Waals surface area contributed by atoms with Gasteiger partial charge in [0.15, 0.2) is 0 Å². The molecule has 0 unspecified atom stereocenters. The normalized spacial score (nSPS) is 16.2. The maximum Gasteiger partial charge on any atom is 0.124 e. The molecule has 0 amide bonds. The largest absolute Gasteiger partial charge is 0.490 e. The summed E-state index contributed by atoms with van der Waals surface area (Å²) in [5.74, 6) is 0.928. The lowest BCUT2D eigenvalue weighted by atomic mass is 10.3. The zero-order chi connectivity index (χ0) is 8.55. The lowest BCUT2D eigenvalue weighted by molar-refractivity contribution is 0.302. The van der Waals surface area contributed by atoms with Gasteiger partial charge in [-0.25, -0.2) is 4.98 Å². The molecule has 64 valence electrons. The molecule has 1 aromatic rings. The molecule has 1 heterocycles. The topological polar surface area (TPSA) is 22.1 Å². The Bertz CT molecular complexity index is 276. The van der Waals surface area contributed by atoms with Crippen LogP contribution in [0.2, 0.25) is 0 Å². The van der Waals surface area contributed by atoms with E-state index in [0.29, 0.717) is 6.10 Å². The molecular weight excluding hydrogens is 218 g/mol. The fourth-order valence-corrected chi connectivity index (χ4v) is 1.55. The molecule has 0 spiro atoms. The minimum absolute atomic E-state index is 0.457. The Kier molecular flexibility index (Phi) is 2.05. The summed E-state index contributed by atoms with van der Waals surface area (Å²) >= 11 is 3.33. The third kappa shape index (κ3) is 1.97. The number of rotatable bonds is 2. The molecule has 0 atom stereocenters. The number of ether oxygens (including phenoxy) is 1. The molecule has 0 N–H and O–H groups in total. The summed E-state index contributed by atoms with van der Waals surface area (Å²) in [4.78, 5) is 4.20. The second-order valence-corrected chi connectivity index (χ2v) is 3.90. The smallest absolute Gasteiger partial charge is 0.124 e. The van der Waals surface area contributed by atoms with Crippen LogP contribution in [0.15, 0.2) is 16.7 Å². The Hall–Kier alpha value is -0.570. The molecule has 0 bridgehead atoms. The van der Waals surface area contributed by atoms with E-state index in [4.69, 9.17) is 4.74 Å². The zero-order valence-electron chi connectivity index (χ0n) is 6.88. The van der Waals surface area contributed by atoms with Crippen molar-refractivity contribution in [1.29, 1.82) is 0 Å². The van der Waals surface area contributed by atoms with Gasteiger partial charge in [0.1, 0.15) is 10.4 Å². The molecule has 0 aromatic carbocycles. The predicted molar refractivity (Wildman–Crippen MR) is 50.3 cm³/mol. The van der Waals surface area contributed by atoms with Crippen LogP contribution in [-0.2, 0) is 0 Å². The van der Waals surface area contributed by atoms with Crippen molar-refractivity contribution in [2.24, 2.45) is 0 Å². The van der Waals surface area contributed by atoms with Crippen molar-refractivity contribution in [1.82, 2.24) is 4.98 Å². The van der Waals surface area contributed by atoms with Gasteiger partial charge in [-0.05, 0) is 35.7 Å². The van der Waals surface area contributed by atoms with Crippen LogP contribution in [0.3, 0.4) is 0 Å². The second kappa shape index (κ2) is 3.05. The van der Waals surface area contributed by atoms with Gasteiger partial charge in [0, 0.05) is 17.8 Å². The van der Waals surface area contributed by atoms with Crippen molar-refractivity contribution in [2.75, 3.05) is 0 Å². The van der Waals surface area contributed by atoms with E-state index in [0.717, 1.165) is 16.0 Å². The van der Waals surface area contributed by atoms with Crippen molar-refractivity contribution < 1.29 is 4.74 Å². The van der Waals surface area contributed by atoms with E-state index >= 15 is 0 Å². The molecule has 1 fully saturated rings. The monoisotopic (exact) mass is 227 g/mol. The SMILES string of the molecule is Cc1cc(OC2CC2)cc(Br)n1. The van der Waals surface area contributed by atoms with Crippen LogP contribution in [0.1, 0.15) is 18.5 Å². The standard InChI is InChI=1S/C9H10BrNO/c1-6-4-8(5-9(10)11-6)12-7-2-3-7/h4-5,7H,2-3H2,1H3. The Morgan fingerprint density at radius 3 is 2.83 bits per heavy atom. The van der Waals surface area contributed by atoms with Crippen LogP contribution >= 0.6 is 15.9 Å². The number of pyridine rings is 1. The fraction of sp³-hybridized carbons (Fsp3) is 0.444. The van der Waals surface area contributed by atoms with E-state index in [1.54, 1.807) is 0 Å². The quantitative estimate of drug-likeness (QED) is 0.726. The molecule has 0 radical (unpaired) electrons. The first-order valence-electron chi connectivity index (χ1n) is 4.05. The van der Waals surface area contributed by atoms with E-state index < -0.39 is 0 Å². The molecule has 1 aliphatic carbocycles. The van der Waals surface area contributed by atoms with Gasteiger partial charge >= 0.3 is 0 Å². The molecule has 1 saturated carbocycles. The molecular formula is C9H10BrNO. The van der Waals surface area contributed by atoms with Gasteiger partial charge < -0.3 is 4.74 Å². The summed E-state index contributed by atoms with van der Waals surface area (Å²) in [6, 6.07) is 3.87. The van der Waals surface area contributed by atoms with Gasteiger partial charge in [-0.3, -0.25) is 0 Å². The number of halogens is 1. The summed E-state index contributed by atoms with van der Waals surface area (Å²) in [6.07, 6.45) is 2.84. The molecule has 1 aliphatic rings. The zero-order valence-corrected chi connectivity index (χ0v) is 8.47. The average Bonchev–Trinajstić information content (AvgIpc) is 2.68. The summed E-state index contributed by atoms with van der Waals surface area (Å²) in [7, 11) is 0. The fourth-order valence-electron chi connectivity index (χ4n) is 1.04. The number of aromatic nitrogens is 1. The highest BCUT2D eigenvalue weighted by Gasteiger charge is 2.23. The van der Waals surface area contributed by atoms with Crippen molar-refractivity contribution >= 4 is 15.9 Å². The van der Waals surface area contributed by atoms with E-state index in [1.165, 1.54) is 12.8 Å². The Morgan fingerprint density at radius 1 is 1.50 bits per heavy atom. The van der Waals surface area contributed by atoms with Crippen LogP contribution in [0.25, 0.3) is 0 Å². The third-order valence-electron chi connectivity index (χ3n) is 1.72. The van der Waals surface area contributed by atoms with E-state index in [1.807, 2.05) is 19.1 Å². The van der Waals surface area contributed by atoms with Gasteiger partial charge in [-0.1, -0.05) is 0 Å². The Balaban J connectivity index is 2.18. The Labute approximate surface area is 80.1 Å². The molecule has 2 rings (SSSR count). The van der Waals surface area contributed by atoms with Crippen molar-refractivity contribution in [3.05, 3.63) is 22.4 Å². The summed E-state index contributed by atoms with van der Waals surface area (Å²) in [5.41, 5.74) is 0.986. The molecule has 3 heteroatoms. The lowest BCUT2D eigenvalue weighted by Crippen LogP contribution is -1.96. The second-order valence-electron chi connectivity index (χ2n) is 3.08. The van der Waals surface area contributed by atoms with Crippen molar-refractivity contribution in [2.45, 2.75) is 25.9 Å².